The molecule has 16 nitrogen and oxygen atoms in total. The molecule has 0 unspecified atom stereocenters. The van der Waals surface area contributed by atoms with Crippen LogP contribution in [-0.4, -0.2) is 158 Å². The van der Waals surface area contributed by atoms with Gasteiger partial charge in [-0.05, 0) is 30.5 Å². The van der Waals surface area contributed by atoms with Gasteiger partial charge in [0.25, 0.3) is 0 Å². The number of ether oxygens (including phenoxy) is 5. The van der Waals surface area contributed by atoms with Gasteiger partial charge in [0, 0.05) is 87.8 Å². The molecule has 0 atom stereocenters. The number of esters is 1. The van der Waals surface area contributed by atoms with Crippen molar-refractivity contribution in [3.8, 4) is 0 Å². The molecule has 0 spiro atoms. The smallest absolute Gasteiger partial charge is 0.417 e. The van der Waals surface area contributed by atoms with Crippen LogP contribution < -0.4 is 19.6 Å². The summed E-state index contributed by atoms with van der Waals surface area (Å²) in [6, 6.07) is 3.48. The third-order valence-electron chi connectivity index (χ3n) is 9.74. The van der Waals surface area contributed by atoms with Crippen LogP contribution in [0.25, 0.3) is 11.0 Å². The number of likely N-dealkylation sites (N-methyl/N-ethyl adjacent to an activating group) is 1. The maximum Gasteiger partial charge on any atom is 0.417 e. The Bertz CT molecular complexity index is 1770. The van der Waals surface area contributed by atoms with E-state index in [-0.39, 0.29) is 49.8 Å². The quantitative estimate of drug-likeness (QED) is 0.185. The third-order valence-corrected chi connectivity index (χ3v) is 9.74. The van der Waals surface area contributed by atoms with Crippen LogP contribution in [0.3, 0.4) is 0 Å². The van der Waals surface area contributed by atoms with Crippen LogP contribution in [0.1, 0.15) is 34.3 Å². The summed E-state index contributed by atoms with van der Waals surface area (Å²) in [6.07, 6.45) is -3.25. The molecule has 0 saturated carbocycles. The Labute approximate surface area is 318 Å². The maximum atomic E-state index is 14.2. The summed E-state index contributed by atoms with van der Waals surface area (Å²) < 4.78 is 69.2. The fourth-order valence-electron chi connectivity index (χ4n) is 6.53. The SMILES string of the molecule is COCCN(Cc1ccc(C(=O)OC)c(C(F)(F)F)c1)c1nc(N2CCN(C)C(=O)C2)c2nc(N(CCOC)CCOC)nc(N3CCC(OC)CC3)c2n1. The van der Waals surface area contributed by atoms with Crippen molar-refractivity contribution in [2.24, 2.45) is 0 Å². The number of hydrogen-bond acceptors (Lipinski definition) is 15. The third kappa shape index (κ3) is 10.00. The first kappa shape index (κ1) is 41.6. The van der Waals surface area contributed by atoms with Crippen LogP contribution in [0.5, 0.6) is 0 Å². The summed E-state index contributed by atoms with van der Waals surface area (Å²) in [4.78, 5) is 54.9. The fourth-order valence-corrected chi connectivity index (χ4v) is 6.53. The van der Waals surface area contributed by atoms with Gasteiger partial charge in [-0.25, -0.2) is 14.8 Å². The van der Waals surface area contributed by atoms with Crippen molar-refractivity contribution >= 4 is 46.4 Å². The zero-order valence-corrected chi connectivity index (χ0v) is 32.2. The number of carbonyl (C=O) groups is 2. The lowest BCUT2D eigenvalue weighted by Crippen LogP contribution is -2.49. The van der Waals surface area contributed by atoms with Gasteiger partial charge in [-0.3, -0.25) is 4.79 Å². The molecule has 1 aromatic carbocycles. The number of alkyl halides is 3. The minimum atomic E-state index is -4.82. The van der Waals surface area contributed by atoms with Crippen molar-refractivity contribution in [3.63, 3.8) is 0 Å². The number of hydrogen-bond donors (Lipinski definition) is 0. The zero-order chi connectivity index (χ0) is 39.7. The van der Waals surface area contributed by atoms with Crippen molar-refractivity contribution in [2.75, 3.05) is 134 Å². The van der Waals surface area contributed by atoms with Gasteiger partial charge in [0.1, 0.15) is 11.0 Å². The van der Waals surface area contributed by atoms with Gasteiger partial charge in [-0.2, -0.15) is 23.1 Å². The Kier molecular flexibility index (Phi) is 14.2. The van der Waals surface area contributed by atoms with E-state index < -0.39 is 23.3 Å². The number of amides is 1. The van der Waals surface area contributed by atoms with Gasteiger partial charge in [0.2, 0.25) is 17.8 Å². The number of nitrogens with zero attached hydrogens (tertiary/aromatic N) is 9. The van der Waals surface area contributed by atoms with Crippen LogP contribution in [-0.2, 0) is 41.2 Å². The maximum absolute atomic E-state index is 14.2. The summed E-state index contributed by atoms with van der Waals surface area (Å²) >= 11 is 0. The summed E-state index contributed by atoms with van der Waals surface area (Å²) in [5.41, 5.74) is -0.622. The minimum absolute atomic E-state index is 0.0228. The highest BCUT2D eigenvalue weighted by atomic mass is 19.4. The van der Waals surface area contributed by atoms with Crippen LogP contribution in [0.4, 0.5) is 36.7 Å². The van der Waals surface area contributed by atoms with E-state index in [0.717, 1.165) is 32.1 Å². The molecule has 0 bridgehead atoms. The lowest BCUT2D eigenvalue weighted by molar-refractivity contribution is -0.138. The molecule has 2 aliphatic heterocycles. The van der Waals surface area contributed by atoms with E-state index in [0.29, 0.717) is 81.1 Å². The van der Waals surface area contributed by atoms with Gasteiger partial charge < -0.3 is 48.2 Å². The second-order valence-electron chi connectivity index (χ2n) is 13.3. The van der Waals surface area contributed by atoms with E-state index in [4.69, 9.17) is 38.9 Å². The van der Waals surface area contributed by atoms with E-state index in [1.807, 2.05) is 9.80 Å². The highest BCUT2D eigenvalue weighted by Gasteiger charge is 2.36. The number of piperazine rings is 1. The number of carbonyl (C=O) groups excluding carboxylic acids is 2. The lowest BCUT2D eigenvalue weighted by atomic mass is 10.0. The molecule has 2 aromatic heterocycles. The molecule has 4 heterocycles. The Morgan fingerprint density at radius 2 is 1.36 bits per heavy atom. The zero-order valence-electron chi connectivity index (χ0n) is 32.2. The lowest BCUT2D eigenvalue weighted by Gasteiger charge is -2.35. The number of benzene rings is 1. The van der Waals surface area contributed by atoms with E-state index in [1.165, 1.54) is 13.2 Å². The molecule has 3 aromatic rings. The Hall–Kier alpha value is -4.59. The molecule has 5 rings (SSSR count). The van der Waals surface area contributed by atoms with Crippen LogP contribution in [0, 0.1) is 0 Å². The van der Waals surface area contributed by atoms with Crippen molar-refractivity contribution in [3.05, 3.63) is 34.9 Å². The van der Waals surface area contributed by atoms with Crippen molar-refractivity contribution in [1.29, 1.82) is 0 Å². The van der Waals surface area contributed by atoms with Crippen molar-refractivity contribution < 1.29 is 46.4 Å². The second kappa shape index (κ2) is 18.8. The molecule has 0 aliphatic carbocycles. The van der Waals surface area contributed by atoms with Crippen LogP contribution >= 0.6 is 0 Å². The average Bonchev–Trinajstić information content (AvgIpc) is 3.19. The number of piperidine rings is 1. The Balaban J connectivity index is 1.72. The van der Waals surface area contributed by atoms with Gasteiger partial charge >= 0.3 is 12.1 Å². The molecule has 19 heteroatoms. The number of halogens is 3. The molecule has 2 aliphatic rings. The molecule has 2 saturated heterocycles. The predicted molar refractivity (Wildman–Crippen MR) is 199 cm³/mol. The largest absolute Gasteiger partial charge is 0.465 e. The molecule has 302 valence electrons. The molecular formula is C36H50F3N9O7. The summed E-state index contributed by atoms with van der Waals surface area (Å²) in [7, 11) is 9.21. The number of fused-ring (bicyclic) bond motifs is 1. The van der Waals surface area contributed by atoms with Crippen LogP contribution in [0.2, 0.25) is 0 Å². The first-order chi connectivity index (χ1) is 26.4. The van der Waals surface area contributed by atoms with Gasteiger partial charge in [0.05, 0.1) is 50.7 Å². The number of methoxy groups -OCH3 is 5. The normalized spacial score (nSPS) is 15.6. The first-order valence-corrected chi connectivity index (χ1v) is 18.0. The molecule has 55 heavy (non-hydrogen) atoms. The number of rotatable bonds is 17. The minimum Gasteiger partial charge on any atom is -0.465 e. The van der Waals surface area contributed by atoms with Gasteiger partial charge in [0.15, 0.2) is 11.6 Å². The highest BCUT2D eigenvalue weighted by Crippen LogP contribution is 2.36. The molecule has 0 radical (unpaired) electrons. The van der Waals surface area contributed by atoms with Gasteiger partial charge in [-0.1, -0.05) is 6.07 Å². The van der Waals surface area contributed by atoms with Crippen molar-refractivity contribution in [2.45, 2.75) is 31.7 Å². The number of anilines is 4. The average molecular weight is 778 g/mol. The summed E-state index contributed by atoms with van der Waals surface area (Å²) in [6.45, 7) is 4.18. The summed E-state index contributed by atoms with van der Waals surface area (Å²) in [5, 5.41) is 0. The standard InChI is InChI=1S/C36H50F3N9O7/c1-44-13-14-47(23-28(44)49)32-30-29(31(45-11-9-25(54-5)10-12-45)42-34(40-30)46(15-18-51-2)16-19-52-3)41-35(43-32)48(17-20-53-4)22-24-7-8-26(33(50)55-6)27(21-24)36(37,38)39/h7-8,21,25H,9-20,22-23H2,1-6H3. The summed E-state index contributed by atoms with van der Waals surface area (Å²) in [5.74, 6) is 0.314. The highest BCUT2D eigenvalue weighted by molar-refractivity contribution is 5.97. The molecule has 2 fully saturated rings. The van der Waals surface area contributed by atoms with Crippen molar-refractivity contribution in [1.82, 2.24) is 24.8 Å². The van der Waals surface area contributed by atoms with E-state index in [2.05, 4.69) is 9.64 Å². The Morgan fingerprint density at radius 3 is 1.89 bits per heavy atom. The molecular weight excluding hydrogens is 727 g/mol. The van der Waals surface area contributed by atoms with E-state index in [9.17, 15) is 22.8 Å². The van der Waals surface area contributed by atoms with E-state index >= 15 is 0 Å². The van der Waals surface area contributed by atoms with E-state index in [1.54, 1.807) is 38.2 Å². The monoisotopic (exact) mass is 777 g/mol. The van der Waals surface area contributed by atoms with Crippen LogP contribution in [0.15, 0.2) is 18.2 Å². The molecule has 0 N–H and O–H groups in total. The number of aromatic nitrogens is 4. The topological polar surface area (TPSA) is 148 Å². The van der Waals surface area contributed by atoms with Gasteiger partial charge in [-0.15, -0.1) is 0 Å². The second-order valence-corrected chi connectivity index (χ2v) is 13.3. The molecule has 1 amide bonds. The fraction of sp³-hybridized carbons (Fsp3) is 0.611. The first-order valence-electron chi connectivity index (χ1n) is 18.0. The predicted octanol–water partition coefficient (Wildman–Crippen LogP) is 2.87. The Morgan fingerprint density at radius 1 is 0.800 bits per heavy atom.